The smallest absolute Gasteiger partial charge is 0.126 e. The second-order valence-corrected chi connectivity index (χ2v) is 8.20. The average molecular weight is 426 g/mol. The van der Waals surface area contributed by atoms with Crippen molar-refractivity contribution in [2.24, 2.45) is 7.05 Å². The number of nitrogens with zero attached hydrogens (tertiary/aromatic N) is 4. The third kappa shape index (κ3) is 5.24. The maximum absolute atomic E-state index is 4.31. The third-order valence-corrected chi connectivity index (χ3v) is 5.88. The largest absolute Gasteiger partial charge is 0.373 e. The molecule has 0 amide bonds. The van der Waals surface area contributed by atoms with Crippen molar-refractivity contribution in [2.45, 2.75) is 19.4 Å². The molecule has 0 spiro atoms. The lowest BCUT2D eigenvalue weighted by molar-refractivity contribution is 0.331. The number of imidazole rings is 1. The Balaban J connectivity index is 0.000000158. The van der Waals surface area contributed by atoms with Gasteiger partial charge in [0.2, 0.25) is 0 Å². The monoisotopic (exact) mass is 425 g/mol. The summed E-state index contributed by atoms with van der Waals surface area (Å²) in [6.45, 7) is 7.41. The van der Waals surface area contributed by atoms with Gasteiger partial charge in [0.05, 0.1) is 18.2 Å². The van der Waals surface area contributed by atoms with Crippen LogP contribution in [0.25, 0.3) is 28.1 Å². The minimum absolute atomic E-state index is 0.879. The van der Waals surface area contributed by atoms with Crippen LogP contribution in [0.5, 0.6) is 0 Å². The quantitative estimate of drug-likeness (QED) is 0.452. The summed E-state index contributed by atoms with van der Waals surface area (Å²) in [7, 11) is 3.87. The number of fused-ring (bicyclic) bond motifs is 1. The van der Waals surface area contributed by atoms with Crippen LogP contribution < -0.4 is 5.32 Å². The fourth-order valence-corrected chi connectivity index (χ4v) is 4.09. The van der Waals surface area contributed by atoms with Crippen LogP contribution in [-0.2, 0) is 13.6 Å². The van der Waals surface area contributed by atoms with Gasteiger partial charge >= 0.3 is 0 Å². The first kappa shape index (κ1) is 21.8. The SMILES string of the molecule is C=Cc1cccc(CN2CCCC2)c1.CNc1cc2cc(-c3cncn3C)ccc2cn1. The van der Waals surface area contributed by atoms with Crippen molar-refractivity contribution >= 4 is 22.7 Å². The van der Waals surface area contributed by atoms with E-state index in [1.54, 1.807) is 0 Å². The molecule has 1 N–H and O–H groups in total. The van der Waals surface area contributed by atoms with Crippen LogP contribution in [0.1, 0.15) is 24.0 Å². The molecule has 2 aromatic carbocycles. The second-order valence-electron chi connectivity index (χ2n) is 8.20. The minimum atomic E-state index is 0.879. The van der Waals surface area contributed by atoms with E-state index in [4.69, 9.17) is 0 Å². The van der Waals surface area contributed by atoms with Crippen molar-refractivity contribution in [3.05, 3.63) is 85.0 Å². The number of hydrogen-bond donors (Lipinski definition) is 1. The van der Waals surface area contributed by atoms with Gasteiger partial charge in [-0.3, -0.25) is 4.90 Å². The molecule has 1 aliphatic rings. The van der Waals surface area contributed by atoms with Crippen molar-refractivity contribution < 1.29 is 0 Å². The highest BCUT2D eigenvalue weighted by atomic mass is 15.1. The fraction of sp³-hybridized carbons (Fsp3) is 0.259. The molecule has 5 heteroatoms. The number of hydrogen-bond acceptors (Lipinski definition) is 4. The van der Waals surface area contributed by atoms with Crippen molar-refractivity contribution in [1.82, 2.24) is 19.4 Å². The maximum Gasteiger partial charge on any atom is 0.126 e. The topological polar surface area (TPSA) is 46.0 Å². The lowest BCUT2D eigenvalue weighted by Gasteiger charge is -2.14. The first-order valence-corrected chi connectivity index (χ1v) is 11.1. The molecule has 0 unspecified atom stereocenters. The summed E-state index contributed by atoms with van der Waals surface area (Å²) in [6, 6.07) is 17.0. The summed E-state index contributed by atoms with van der Waals surface area (Å²) < 4.78 is 2.02. The zero-order valence-electron chi connectivity index (χ0n) is 19.0. The number of pyridine rings is 1. The number of benzene rings is 2. The summed E-state index contributed by atoms with van der Waals surface area (Å²) in [4.78, 5) is 11.0. The van der Waals surface area contributed by atoms with E-state index in [2.05, 4.69) is 75.3 Å². The maximum atomic E-state index is 4.31. The fourth-order valence-electron chi connectivity index (χ4n) is 4.09. The molecule has 0 aliphatic carbocycles. The Morgan fingerprint density at radius 1 is 1.03 bits per heavy atom. The number of rotatable bonds is 5. The normalized spacial score (nSPS) is 13.6. The van der Waals surface area contributed by atoms with Gasteiger partial charge in [0.1, 0.15) is 5.82 Å². The van der Waals surface area contributed by atoms with Crippen molar-refractivity contribution in [2.75, 3.05) is 25.5 Å². The first-order valence-electron chi connectivity index (χ1n) is 11.1. The van der Waals surface area contributed by atoms with Crippen LogP contribution in [0.4, 0.5) is 5.82 Å². The highest BCUT2D eigenvalue weighted by Crippen LogP contribution is 2.24. The van der Waals surface area contributed by atoms with Crippen LogP contribution in [-0.4, -0.2) is 39.6 Å². The number of likely N-dealkylation sites (tertiary alicyclic amines) is 1. The summed E-state index contributed by atoms with van der Waals surface area (Å²) in [6.07, 6.45) is 10.2. The molecule has 3 heterocycles. The molecule has 0 saturated carbocycles. The molecular formula is C27H31N5. The minimum Gasteiger partial charge on any atom is -0.373 e. The molecule has 4 aromatic rings. The van der Waals surface area contributed by atoms with E-state index in [9.17, 15) is 0 Å². The molecule has 1 aliphatic heterocycles. The molecule has 0 radical (unpaired) electrons. The van der Waals surface area contributed by atoms with Gasteiger partial charge in [-0.15, -0.1) is 0 Å². The highest BCUT2D eigenvalue weighted by Gasteiger charge is 2.11. The number of nitrogens with one attached hydrogen (secondary N) is 1. The van der Waals surface area contributed by atoms with Crippen LogP contribution in [0, 0.1) is 0 Å². The van der Waals surface area contributed by atoms with E-state index in [1.807, 2.05) is 43.5 Å². The molecule has 2 aromatic heterocycles. The number of aryl methyl sites for hydroxylation is 1. The molecule has 32 heavy (non-hydrogen) atoms. The Kier molecular flexibility index (Phi) is 6.97. The Morgan fingerprint density at radius 2 is 1.88 bits per heavy atom. The summed E-state index contributed by atoms with van der Waals surface area (Å²) in [5.74, 6) is 0.879. The molecule has 0 atom stereocenters. The van der Waals surface area contributed by atoms with Gasteiger partial charge < -0.3 is 9.88 Å². The van der Waals surface area contributed by atoms with Gasteiger partial charge in [-0.05, 0) is 54.6 Å². The van der Waals surface area contributed by atoms with Gasteiger partial charge in [0, 0.05) is 37.8 Å². The van der Waals surface area contributed by atoms with Gasteiger partial charge in [0.25, 0.3) is 0 Å². The second kappa shape index (κ2) is 10.2. The Hall–Kier alpha value is -3.44. The van der Waals surface area contributed by atoms with E-state index in [0.29, 0.717) is 0 Å². The standard InChI is InChI=1S/C14H14N4.C13H17N/c1-15-14-6-12-5-10(3-4-11(12)7-17-14)13-8-16-9-18(13)2;1-2-12-6-5-7-13(10-12)11-14-8-3-4-9-14/h3-9H,1-2H3,(H,15,17);2,5-7,10H,1,3-4,8-9,11H2. The van der Waals surface area contributed by atoms with Gasteiger partial charge in [-0.1, -0.05) is 49.1 Å². The predicted octanol–water partition coefficient (Wildman–Crippen LogP) is 5.60. The number of aromatic nitrogens is 3. The van der Waals surface area contributed by atoms with Crippen molar-refractivity contribution in [3.8, 4) is 11.3 Å². The Labute approximate surface area is 190 Å². The summed E-state index contributed by atoms with van der Waals surface area (Å²) in [5, 5.41) is 5.37. The van der Waals surface area contributed by atoms with E-state index in [-0.39, 0.29) is 0 Å². The molecular weight excluding hydrogens is 394 g/mol. The third-order valence-electron chi connectivity index (χ3n) is 5.88. The van der Waals surface area contributed by atoms with Crippen molar-refractivity contribution in [3.63, 3.8) is 0 Å². The van der Waals surface area contributed by atoms with Crippen LogP contribution >= 0.6 is 0 Å². The average Bonchev–Trinajstić information content (AvgIpc) is 3.50. The molecule has 5 nitrogen and oxygen atoms in total. The summed E-state index contributed by atoms with van der Waals surface area (Å²) >= 11 is 0. The zero-order chi connectivity index (χ0) is 22.3. The molecule has 1 saturated heterocycles. The molecule has 1 fully saturated rings. The lowest BCUT2D eigenvalue weighted by atomic mass is 10.1. The molecule has 164 valence electrons. The van der Waals surface area contributed by atoms with Crippen LogP contribution in [0.15, 0.2) is 73.8 Å². The van der Waals surface area contributed by atoms with E-state index < -0.39 is 0 Å². The van der Waals surface area contributed by atoms with Crippen molar-refractivity contribution in [1.29, 1.82) is 0 Å². The Morgan fingerprint density at radius 3 is 2.59 bits per heavy atom. The van der Waals surface area contributed by atoms with E-state index in [1.165, 1.54) is 42.4 Å². The zero-order valence-corrected chi connectivity index (χ0v) is 19.0. The highest BCUT2D eigenvalue weighted by molar-refractivity contribution is 5.87. The van der Waals surface area contributed by atoms with Crippen LogP contribution in [0.2, 0.25) is 0 Å². The van der Waals surface area contributed by atoms with Crippen LogP contribution in [0.3, 0.4) is 0 Å². The van der Waals surface area contributed by atoms with Gasteiger partial charge in [-0.25, -0.2) is 9.97 Å². The summed E-state index contributed by atoms with van der Waals surface area (Å²) in [5.41, 5.74) is 4.90. The molecule has 5 rings (SSSR count). The van der Waals surface area contributed by atoms with E-state index in [0.717, 1.165) is 29.0 Å². The predicted molar refractivity (Wildman–Crippen MR) is 135 cm³/mol. The first-order chi connectivity index (χ1) is 15.7. The van der Waals surface area contributed by atoms with Gasteiger partial charge in [0.15, 0.2) is 0 Å². The number of anilines is 1. The van der Waals surface area contributed by atoms with E-state index >= 15 is 0 Å². The molecule has 0 bridgehead atoms. The lowest BCUT2D eigenvalue weighted by Crippen LogP contribution is -2.18. The Bertz CT molecular complexity index is 1190. The van der Waals surface area contributed by atoms with Gasteiger partial charge in [-0.2, -0.15) is 0 Å².